The molecule has 0 atom stereocenters. The Bertz CT molecular complexity index is 2880. The summed E-state index contributed by atoms with van der Waals surface area (Å²) < 4.78 is 2.37. The number of hydrogen-bond acceptors (Lipinski definition) is 5. The van der Waals surface area contributed by atoms with Gasteiger partial charge in [0.15, 0.2) is 5.82 Å². The highest BCUT2D eigenvalue weighted by Gasteiger charge is 2.19. The van der Waals surface area contributed by atoms with Gasteiger partial charge >= 0.3 is 0 Å². The van der Waals surface area contributed by atoms with Gasteiger partial charge in [-0.2, -0.15) is 0 Å². The normalized spacial score (nSPS) is 11.7. The third-order valence-electron chi connectivity index (χ3n) is 9.41. The quantitative estimate of drug-likeness (QED) is 0.182. The fourth-order valence-electron chi connectivity index (χ4n) is 7.22. The molecule has 0 aliphatic rings. The van der Waals surface area contributed by atoms with Gasteiger partial charge in [0.25, 0.3) is 0 Å². The summed E-state index contributed by atoms with van der Waals surface area (Å²) in [4.78, 5) is 23.7. The summed E-state index contributed by atoms with van der Waals surface area (Å²) in [5, 5.41) is 6.88. The fourth-order valence-corrected chi connectivity index (χ4v) is 7.22. The average Bonchev–Trinajstić information content (AvgIpc) is 3.51. The summed E-state index contributed by atoms with van der Waals surface area (Å²) in [6.07, 6.45) is 8.96. The van der Waals surface area contributed by atoms with Crippen LogP contribution in [0.3, 0.4) is 0 Å². The number of para-hydroxylation sites is 1. The molecule has 6 aromatic carbocycles. The lowest BCUT2D eigenvalue weighted by Crippen LogP contribution is -1.98. The Morgan fingerprint density at radius 3 is 1.94 bits per heavy atom. The van der Waals surface area contributed by atoms with Crippen LogP contribution in [0.15, 0.2) is 158 Å². The van der Waals surface area contributed by atoms with Crippen molar-refractivity contribution in [3.05, 3.63) is 158 Å². The van der Waals surface area contributed by atoms with Gasteiger partial charge in [0.1, 0.15) is 0 Å². The van der Waals surface area contributed by atoms with E-state index in [0.29, 0.717) is 5.82 Å². The summed E-state index contributed by atoms with van der Waals surface area (Å²) in [5.41, 5.74) is 10.0. The van der Waals surface area contributed by atoms with E-state index in [1.54, 1.807) is 24.8 Å². The smallest absolute Gasteiger partial charge is 0.159 e. The zero-order valence-corrected chi connectivity index (χ0v) is 26.2. The number of hydrogen-bond donors (Lipinski definition) is 0. The van der Waals surface area contributed by atoms with Crippen LogP contribution in [0.4, 0.5) is 0 Å². The van der Waals surface area contributed by atoms with Crippen molar-refractivity contribution in [1.82, 2.24) is 29.5 Å². The molecular weight excluding hydrogens is 601 g/mol. The highest BCUT2D eigenvalue weighted by molar-refractivity contribution is 6.27. The molecule has 228 valence electrons. The highest BCUT2D eigenvalue weighted by atomic mass is 15.0. The molecule has 0 saturated carbocycles. The van der Waals surface area contributed by atoms with E-state index in [4.69, 9.17) is 19.9 Å². The van der Waals surface area contributed by atoms with Crippen molar-refractivity contribution in [2.24, 2.45) is 0 Å². The van der Waals surface area contributed by atoms with Crippen LogP contribution in [-0.4, -0.2) is 29.5 Å². The number of benzene rings is 6. The molecule has 0 aliphatic heterocycles. The van der Waals surface area contributed by atoms with E-state index < -0.39 is 0 Å². The van der Waals surface area contributed by atoms with Crippen LogP contribution < -0.4 is 0 Å². The Morgan fingerprint density at radius 1 is 0.388 bits per heavy atom. The van der Waals surface area contributed by atoms with Gasteiger partial charge in [-0.15, -0.1) is 0 Å². The van der Waals surface area contributed by atoms with Crippen LogP contribution in [-0.2, 0) is 0 Å². The fraction of sp³-hybridized carbons (Fsp3) is 0. The second-order valence-corrected chi connectivity index (χ2v) is 12.2. The van der Waals surface area contributed by atoms with Crippen LogP contribution in [0.5, 0.6) is 0 Å². The molecule has 0 unspecified atom stereocenters. The molecule has 6 heteroatoms. The molecule has 49 heavy (non-hydrogen) atoms. The largest absolute Gasteiger partial charge is 0.309 e. The third kappa shape index (κ3) is 4.38. The SMILES string of the molecule is c1ccc(-c2cc(-c3nccc(-c4ccncc4)n3)cc(-n3c4ccccc4c4cc5c6ccccc6c6nccnc6c5cc43)c2)cc1. The first-order valence-corrected chi connectivity index (χ1v) is 16.2. The van der Waals surface area contributed by atoms with Gasteiger partial charge in [0.2, 0.25) is 0 Å². The molecule has 0 radical (unpaired) electrons. The van der Waals surface area contributed by atoms with E-state index in [-0.39, 0.29) is 0 Å². The van der Waals surface area contributed by atoms with Gasteiger partial charge in [0.05, 0.1) is 27.8 Å². The molecule has 10 rings (SSSR count). The molecule has 4 aromatic heterocycles. The van der Waals surface area contributed by atoms with Crippen molar-refractivity contribution < 1.29 is 0 Å². The Balaban J connectivity index is 1.29. The summed E-state index contributed by atoms with van der Waals surface area (Å²) in [6.45, 7) is 0. The molecule has 4 heterocycles. The number of nitrogens with zero attached hydrogens (tertiary/aromatic N) is 6. The van der Waals surface area contributed by atoms with Crippen LogP contribution in [0.25, 0.3) is 93.8 Å². The van der Waals surface area contributed by atoms with Gasteiger partial charge in [-0.1, -0.05) is 72.8 Å². The molecule has 0 N–H and O–H groups in total. The van der Waals surface area contributed by atoms with Crippen LogP contribution >= 0.6 is 0 Å². The lowest BCUT2D eigenvalue weighted by molar-refractivity contribution is 1.15. The molecule has 0 aliphatic carbocycles. The summed E-state index contributed by atoms with van der Waals surface area (Å²) in [5.74, 6) is 0.660. The topological polar surface area (TPSA) is 69.4 Å². The highest BCUT2D eigenvalue weighted by Crippen LogP contribution is 2.41. The second kappa shape index (κ2) is 10.9. The molecule has 6 nitrogen and oxygen atoms in total. The number of fused-ring (bicyclic) bond motifs is 9. The molecular formula is C43H26N6. The maximum atomic E-state index is 5.04. The maximum absolute atomic E-state index is 5.04. The first kappa shape index (κ1) is 27.3. The van der Waals surface area contributed by atoms with Crippen LogP contribution in [0, 0.1) is 0 Å². The molecule has 10 aromatic rings. The molecule has 0 amide bonds. The van der Waals surface area contributed by atoms with Gasteiger partial charge in [-0.25, -0.2) is 9.97 Å². The van der Waals surface area contributed by atoms with E-state index in [2.05, 4.69) is 113 Å². The Labute approximate surface area is 281 Å². The predicted molar refractivity (Wildman–Crippen MR) is 199 cm³/mol. The van der Waals surface area contributed by atoms with Gasteiger partial charge in [-0.3, -0.25) is 15.0 Å². The summed E-state index contributed by atoms with van der Waals surface area (Å²) in [6, 6.07) is 44.8. The minimum Gasteiger partial charge on any atom is -0.309 e. The maximum Gasteiger partial charge on any atom is 0.159 e. The first-order valence-electron chi connectivity index (χ1n) is 16.2. The Kier molecular flexibility index (Phi) is 6.08. The van der Waals surface area contributed by atoms with Crippen molar-refractivity contribution in [1.29, 1.82) is 0 Å². The minimum atomic E-state index is 0.660. The number of pyridine rings is 1. The lowest BCUT2D eigenvalue weighted by atomic mass is 9.97. The second-order valence-electron chi connectivity index (χ2n) is 12.2. The number of aromatic nitrogens is 6. The zero-order valence-electron chi connectivity index (χ0n) is 26.2. The first-order chi connectivity index (χ1) is 24.3. The van der Waals surface area contributed by atoms with Crippen molar-refractivity contribution in [2.45, 2.75) is 0 Å². The summed E-state index contributed by atoms with van der Waals surface area (Å²) >= 11 is 0. The third-order valence-corrected chi connectivity index (χ3v) is 9.41. The molecule has 0 saturated heterocycles. The van der Waals surface area contributed by atoms with Crippen LogP contribution in [0.1, 0.15) is 0 Å². The van der Waals surface area contributed by atoms with E-state index in [9.17, 15) is 0 Å². The zero-order chi connectivity index (χ0) is 32.3. The minimum absolute atomic E-state index is 0.660. The van der Waals surface area contributed by atoms with E-state index >= 15 is 0 Å². The van der Waals surface area contributed by atoms with Crippen LogP contribution in [0.2, 0.25) is 0 Å². The monoisotopic (exact) mass is 626 g/mol. The Morgan fingerprint density at radius 2 is 1.10 bits per heavy atom. The van der Waals surface area contributed by atoms with Crippen molar-refractivity contribution >= 4 is 54.4 Å². The molecule has 0 spiro atoms. The predicted octanol–water partition coefficient (Wildman–Crippen LogP) is 10.2. The lowest BCUT2D eigenvalue weighted by Gasteiger charge is -2.14. The van der Waals surface area contributed by atoms with E-state index in [0.717, 1.165) is 66.5 Å². The van der Waals surface area contributed by atoms with Crippen molar-refractivity contribution in [3.8, 4) is 39.5 Å². The number of rotatable bonds is 4. The average molecular weight is 627 g/mol. The van der Waals surface area contributed by atoms with E-state index in [1.807, 2.05) is 30.5 Å². The van der Waals surface area contributed by atoms with E-state index in [1.165, 1.54) is 21.5 Å². The van der Waals surface area contributed by atoms with Crippen molar-refractivity contribution in [3.63, 3.8) is 0 Å². The van der Waals surface area contributed by atoms with Crippen molar-refractivity contribution in [2.75, 3.05) is 0 Å². The van der Waals surface area contributed by atoms with Gasteiger partial charge in [-0.05, 0) is 76.5 Å². The van der Waals surface area contributed by atoms with Gasteiger partial charge in [0, 0.05) is 69.3 Å². The molecule has 0 fully saturated rings. The van der Waals surface area contributed by atoms with Gasteiger partial charge < -0.3 is 4.57 Å². The summed E-state index contributed by atoms with van der Waals surface area (Å²) in [7, 11) is 0. The Hall–Kier alpha value is -6.79. The molecule has 0 bridgehead atoms. The standard InChI is InChI=1S/C43H26N6/c1-2-8-27(9-3-1)29-22-30(43-47-19-16-38(48-43)28-14-17-44-18-15-28)24-31(23-29)49-39-13-7-6-11-33(39)36-25-35-32-10-4-5-12-34(32)41-42(46-21-20-45-41)37(35)26-40(36)49/h1-26H.